The number of nitrogens with one attached hydrogen (secondary N) is 6. The number of pyridine rings is 4. The molecule has 0 unspecified atom stereocenters. The van der Waals surface area contributed by atoms with Crippen molar-refractivity contribution in [3.8, 4) is 0 Å². The van der Waals surface area contributed by atoms with E-state index in [1.54, 1.807) is 61.7 Å². The average Bonchev–Trinajstić information content (AvgIpc) is 1.67. The number of nitrogen functional groups attached to an aromatic ring is 6. The van der Waals surface area contributed by atoms with E-state index in [1.807, 2.05) is 151 Å². The van der Waals surface area contributed by atoms with Crippen molar-refractivity contribution in [3.63, 3.8) is 0 Å². The molecule has 133 heavy (non-hydrogen) atoms. The minimum atomic E-state index is -0.259. The first-order valence-corrected chi connectivity index (χ1v) is 45.7. The Labute approximate surface area is 784 Å². The van der Waals surface area contributed by atoms with Crippen LogP contribution in [-0.4, -0.2) is 136 Å². The van der Waals surface area contributed by atoms with Crippen LogP contribution in [0.2, 0.25) is 0 Å². The largest absolute Gasteiger partial charge is 0.397 e. The van der Waals surface area contributed by atoms with E-state index in [4.69, 9.17) is 34.4 Å². The van der Waals surface area contributed by atoms with Gasteiger partial charge in [-0.05, 0) is 195 Å². The Morgan fingerprint density at radius 2 is 0.534 bits per heavy atom. The van der Waals surface area contributed by atoms with Crippen LogP contribution < -0.4 is 66.3 Å². The van der Waals surface area contributed by atoms with E-state index >= 15 is 0 Å². The number of thiophene rings is 6. The second-order valence-electron chi connectivity index (χ2n) is 29.9. The van der Waals surface area contributed by atoms with Gasteiger partial charge < -0.3 is 66.3 Å². The van der Waals surface area contributed by atoms with Crippen LogP contribution >= 0.6 is 68.0 Å². The smallest absolute Gasteiger partial charge is 0.263 e. The third-order valence-corrected chi connectivity index (χ3v) is 27.6. The summed E-state index contributed by atoms with van der Waals surface area (Å²) in [6.07, 6.45) is 14.8. The average molecular weight is 1900 g/mol. The Morgan fingerprint density at radius 1 is 0.263 bits per heavy atom. The predicted octanol–water partition coefficient (Wildman–Crippen LogP) is 12.4. The summed E-state index contributed by atoms with van der Waals surface area (Å²) in [5, 5.41) is 71.1. The highest BCUT2D eigenvalue weighted by Gasteiger charge is 2.27. The summed E-state index contributed by atoms with van der Waals surface area (Å²) in [4.78, 5) is 113. The predicted molar refractivity (Wildman–Crippen MR) is 521 cm³/mol. The SMILES string of the molecule is Cc1cc(CNC(=O)c2sc3nnc(C)c(C)c3c2N)ccn1.Cc1nnc2sc(C(=O)NCc3ccccn3)c(N)c2c1C.Cc1nnc2sc(C(=O)NCc3ccccn3)c(N)c2c1C.Cc1nnc2sc(C(=O)NCc3ccncc3)c(N)c2c1C.Cc1nnc2sc(C(=O)NCc3ccncn3)c(N)c2c1C.Cc1nnc2sc(C(=O)NCc3ncccn3)c(N)c2c1C. The van der Waals surface area contributed by atoms with Crippen molar-refractivity contribution in [2.45, 2.75) is 129 Å². The number of aryl methyl sites for hydroxylation is 13. The van der Waals surface area contributed by atoms with Crippen molar-refractivity contribution in [2.24, 2.45) is 0 Å². The van der Waals surface area contributed by atoms with E-state index in [1.165, 1.54) is 74.3 Å². The first-order chi connectivity index (χ1) is 63.8. The van der Waals surface area contributed by atoms with Gasteiger partial charge in [0.1, 0.15) is 70.4 Å². The first-order valence-electron chi connectivity index (χ1n) is 40.8. The van der Waals surface area contributed by atoms with Crippen LogP contribution in [0.5, 0.6) is 0 Å². The summed E-state index contributed by atoms with van der Waals surface area (Å²) < 4.78 is 0. The molecule has 18 aromatic rings. The van der Waals surface area contributed by atoms with Gasteiger partial charge in [-0.25, -0.2) is 19.9 Å². The molecular weight excluding hydrogens is 1810 g/mol. The van der Waals surface area contributed by atoms with Crippen molar-refractivity contribution in [3.05, 3.63) is 265 Å². The van der Waals surface area contributed by atoms with Gasteiger partial charge in [0.25, 0.3) is 35.4 Å². The third-order valence-electron chi connectivity index (χ3n) is 21.1. The molecule has 0 aliphatic rings. The molecule has 0 bridgehead atoms. The van der Waals surface area contributed by atoms with Crippen LogP contribution in [0.15, 0.2) is 129 Å². The monoisotopic (exact) mass is 1890 g/mol. The summed E-state index contributed by atoms with van der Waals surface area (Å²) in [6, 6.07) is 22.1. The summed E-state index contributed by atoms with van der Waals surface area (Å²) in [5.41, 5.74) is 55.5. The van der Waals surface area contributed by atoms with Crippen LogP contribution in [0.4, 0.5) is 34.1 Å². The molecule has 0 saturated carbocycles. The summed E-state index contributed by atoms with van der Waals surface area (Å²) >= 11 is 7.54. The van der Waals surface area contributed by atoms with Crippen LogP contribution in [0.25, 0.3) is 61.3 Å². The number of amides is 6. The number of carbonyl (C=O) groups excluding carboxylic acids is 6. The van der Waals surface area contributed by atoms with E-state index in [-0.39, 0.29) is 42.0 Å². The van der Waals surface area contributed by atoms with Crippen molar-refractivity contribution < 1.29 is 28.8 Å². The molecule has 18 aromatic heterocycles. The van der Waals surface area contributed by atoms with E-state index in [2.05, 4.69) is 133 Å². The highest BCUT2D eigenvalue weighted by molar-refractivity contribution is 7.23. The molecule has 0 radical (unpaired) electrons. The number of hydrogen-bond acceptors (Lipinski definition) is 38. The minimum absolute atomic E-state index is 0.197. The number of anilines is 6. The number of hydrogen-bond donors (Lipinski definition) is 12. The molecule has 0 saturated heterocycles. The van der Waals surface area contributed by atoms with Gasteiger partial charge in [-0.1, -0.05) is 12.1 Å². The van der Waals surface area contributed by atoms with Crippen LogP contribution in [-0.2, 0) is 39.3 Å². The van der Waals surface area contributed by atoms with Crippen LogP contribution in [0, 0.1) is 90.0 Å². The maximum atomic E-state index is 12.4. The third kappa shape index (κ3) is 22.2. The van der Waals surface area contributed by atoms with Gasteiger partial charge in [0.15, 0.2) is 0 Å². The molecule has 6 amide bonds. The Morgan fingerprint density at radius 3 is 0.820 bits per heavy atom. The zero-order chi connectivity index (χ0) is 95.0. The van der Waals surface area contributed by atoms with Crippen molar-refractivity contribution in [1.29, 1.82) is 0 Å². The Balaban J connectivity index is 0.000000136. The second kappa shape index (κ2) is 42.9. The Kier molecular flexibility index (Phi) is 30.7. The van der Waals surface area contributed by atoms with Gasteiger partial charge in [-0.2, -0.15) is 30.6 Å². The fourth-order valence-corrected chi connectivity index (χ4v) is 19.1. The first kappa shape index (κ1) is 95.2. The van der Waals surface area contributed by atoms with E-state index in [0.29, 0.717) is 131 Å². The molecule has 0 atom stereocenters. The molecule has 44 heteroatoms. The van der Waals surface area contributed by atoms with E-state index in [9.17, 15) is 28.8 Å². The maximum absolute atomic E-state index is 12.4. The van der Waals surface area contributed by atoms with Crippen LogP contribution in [0.1, 0.15) is 165 Å². The lowest BCUT2D eigenvalue weighted by Gasteiger charge is -2.05. The fourth-order valence-electron chi connectivity index (χ4n) is 13.0. The molecule has 678 valence electrons. The molecule has 18 heterocycles. The highest BCUT2D eigenvalue weighted by Crippen LogP contribution is 2.41. The van der Waals surface area contributed by atoms with Crippen molar-refractivity contribution in [1.82, 2.24) is 133 Å². The fraction of sp³-hybridized carbons (Fsp3) is 0.213. The maximum Gasteiger partial charge on any atom is 0.263 e. The molecule has 18 N–H and O–H groups in total. The van der Waals surface area contributed by atoms with E-state index < -0.39 is 0 Å². The molecule has 18 rings (SSSR count). The molecule has 0 aliphatic heterocycles. The molecule has 0 fully saturated rings. The standard InChI is InChI=1S/C16H17N5OS.3C15H15N5OS.2C14H14N6OS/c1-8-6-11(4-5-18-8)7-19-15(22)14-13(17)12-9(2)10(3)20-21-16(12)23-14;1-8-9(2)19-20-15-11(8)12(16)13(22-15)14(21)18-7-10-3-5-17-6-4-10;2*1-8-9(2)19-20-15-11(8)12(16)13(22-15)14(21)18-7-10-5-3-4-6-17-10;1-7-8(2)19-20-14-10(7)11(15)12(22-14)13(21)17-5-9-3-4-16-6-18-9;1-7-8(2)19-20-14-10(7)11(15)12(22-14)13(21)18-6-9-16-4-3-5-17-9/h4-6H,7,17H2,1-3H3,(H,19,22);3*3-6H,7,16H2,1-2H3,(H,18,21);3-4,6H,5,15H2,1-2H3,(H,17,21);3-5H,6,15H2,1-2H3,(H,18,21). The molecule has 38 nitrogen and oxygen atoms in total. The number of rotatable bonds is 18. The zero-order valence-electron chi connectivity index (χ0n) is 74.2. The Hall–Kier alpha value is -15.4. The number of nitrogens with zero attached hydrogens (tertiary/aromatic N) is 20. The van der Waals surface area contributed by atoms with Crippen LogP contribution in [0.3, 0.4) is 0 Å². The normalized spacial score (nSPS) is 10.8. The number of fused-ring (bicyclic) bond motifs is 6. The van der Waals surface area contributed by atoms with Gasteiger partial charge >= 0.3 is 0 Å². The van der Waals surface area contributed by atoms with Crippen molar-refractivity contribution >= 4 is 199 Å². The molecule has 0 spiro atoms. The van der Waals surface area contributed by atoms with Gasteiger partial charge in [-0.3, -0.25) is 48.7 Å². The quantitative estimate of drug-likeness (QED) is 0.0379. The second-order valence-corrected chi connectivity index (χ2v) is 35.9. The molecule has 0 aromatic carbocycles. The number of carbonyl (C=O) groups is 6. The summed E-state index contributed by atoms with van der Waals surface area (Å²) in [5.74, 6) is -0.790. The Bertz CT molecular complexity index is 6530. The molecular formula is C89H90N32O6S6. The lowest BCUT2D eigenvalue weighted by Crippen LogP contribution is -2.23. The van der Waals surface area contributed by atoms with Gasteiger partial charge in [0.05, 0.1) is 112 Å². The van der Waals surface area contributed by atoms with E-state index in [0.717, 1.165) is 134 Å². The van der Waals surface area contributed by atoms with Gasteiger partial charge in [-0.15, -0.1) is 98.6 Å². The zero-order valence-corrected chi connectivity index (χ0v) is 79.1. The summed E-state index contributed by atoms with van der Waals surface area (Å²) in [7, 11) is 0. The lowest BCUT2D eigenvalue weighted by atomic mass is 10.1. The number of nitrogens with two attached hydrogens (primary N) is 6. The van der Waals surface area contributed by atoms with Crippen molar-refractivity contribution in [2.75, 3.05) is 34.4 Å². The van der Waals surface area contributed by atoms with Gasteiger partial charge in [0.2, 0.25) is 0 Å². The minimum Gasteiger partial charge on any atom is -0.397 e. The van der Waals surface area contributed by atoms with Gasteiger partial charge in [0, 0.05) is 101 Å². The number of aromatic nitrogens is 20. The summed E-state index contributed by atoms with van der Waals surface area (Å²) in [6.45, 7) is 26.9. The lowest BCUT2D eigenvalue weighted by molar-refractivity contribution is 0.0946. The topological polar surface area (TPSA) is 589 Å². The highest BCUT2D eigenvalue weighted by atomic mass is 32.1. The molecule has 0 aliphatic carbocycles.